The van der Waals surface area contributed by atoms with Gasteiger partial charge in [0.2, 0.25) is 6.54 Å². The highest BCUT2D eigenvalue weighted by Crippen LogP contribution is 2.32. The Morgan fingerprint density at radius 2 is 2.07 bits per heavy atom. The van der Waals surface area contributed by atoms with Crippen LogP contribution in [0.1, 0.15) is 5.56 Å². The maximum Gasteiger partial charge on any atom is 0.218 e. The molecule has 0 N–H and O–H groups in total. The number of halogens is 1. The largest absolute Gasteiger partial charge is 0.497 e. The topological polar surface area (TPSA) is 22.8 Å². The predicted molar refractivity (Wildman–Crippen MR) is 62.4 cm³/mol. The number of hydrogen-bond acceptors (Lipinski definition) is 2. The van der Waals surface area contributed by atoms with Gasteiger partial charge in [0.25, 0.3) is 0 Å². The molecule has 0 heterocycles. The lowest BCUT2D eigenvalue weighted by Crippen LogP contribution is -1.97. The summed E-state index contributed by atoms with van der Waals surface area (Å²) in [6, 6.07) is 3.70. The van der Waals surface area contributed by atoms with Gasteiger partial charge in [0, 0.05) is 22.5 Å². The van der Waals surface area contributed by atoms with Crippen molar-refractivity contribution < 1.29 is 9.47 Å². The summed E-state index contributed by atoms with van der Waals surface area (Å²) >= 11 is 3.45. The average Bonchev–Trinajstić information content (AvgIpc) is 2.26. The second-order valence-electron chi connectivity index (χ2n) is 2.92. The van der Waals surface area contributed by atoms with Crippen LogP contribution in [-0.4, -0.2) is 20.8 Å². The zero-order chi connectivity index (χ0) is 11.3. The monoisotopic (exact) mass is 269 g/mol. The molecule has 1 aromatic rings. The van der Waals surface area contributed by atoms with Crippen molar-refractivity contribution in [2.24, 2.45) is 0 Å². The number of hydrogen-bond donors (Lipinski definition) is 0. The highest BCUT2D eigenvalue weighted by atomic mass is 79.9. The Bertz CT molecular complexity index is 385. The molecule has 0 unspecified atom stereocenters. The van der Waals surface area contributed by atoms with E-state index in [1.807, 2.05) is 12.1 Å². The molecular weight excluding hydrogens is 258 g/mol. The zero-order valence-electron chi connectivity index (χ0n) is 8.71. The van der Waals surface area contributed by atoms with Crippen LogP contribution in [0.5, 0.6) is 11.5 Å². The Morgan fingerprint density at radius 3 is 2.60 bits per heavy atom. The molecule has 0 bridgehead atoms. The van der Waals surface area contributed by atoms with E-state index in [4.69, 9.17) is 16.0 Å². The molecule has 1 rings (SSSR count). The number of nitrogens with zero attached hydrogens (tertiary/aromatic N) is 1. The fourth-order valence-electron chi connectivity index (χ4n) is 1.30. The zero-order valence-corrected chi connectivity index (χ0v) is 10.3. The smallest absolute Gasteiger partial charge is 0.218 e. The van der Waals surface area contributed by atoms with Gasteiger partial charge in [-0.05, 0) is 6.07 Å². The van der Waals surface area contributed by atoms with Gasteiger partial charge >= 0.3 is 0 Å². The molecule has 0 atom stereocenters. The van der Waals surface area contributed by atoms with E-state index in [1.165, 1.54) is 0 Å². The van der Waals surface area contributed by atoms with Crippen molar-refractivity contribution in [3.05, 3.63) is 33.6 Å². The standard InChI is InChI=1S/C11H12BrNO2/c1-13-5-4-9-10(12)6-8(14-2)7-11(9)15-3/h6-7H,4-5H2,2-3H3. The molecule has 0 amide bonds. The second-order valence-corrected chi connectivity index (χ2v) is 3.78. The van der Waals surface area contributed by atoms with Crippen LogP contribution in [0.15, 0.2) is 16.6 Å². The number of methoxy groups -OCH3 is 2. The molecular formula is C11H12BrNO2. The van der Waals surface area contributed by atoms with Crippen molar-refractivity contribution in [2.75, 3.05) is 20.8 Å². The van der Waals surface area contributed by atoms with Crippen molar-refractivity contribution in [2.45, 2.75) is 6.42 Å². The molecule has 0 aliphatic heterocycles. The molecule has 0 saturated carbocycles. The van der Waals surface area contributed by atoms with Crippen LogP contribution in [0.2, 0.25) is 0 Å². The van der Waals surface area contributed by atoms with Gasteiger partial charge in [-0.15, -0.1) is 0 Å². The lowest BCUT2D eigenvalue weighted by molar-refractivity contribution is 0.390. The summed E-state index contributed by atoms with van der Waals surface area (Å²) < 4.78 is 11.3. The molecule has 0 aliphatic carbocycles. The van der Waals surface area contributed by atoms with Crippen LogP contribution in [0.3, 0.4) is 0 Å². The van der Waals surface area contributed by atoms with E-state index >= 15 is 0 Å². The molecule has 0 aliphatic rings. The van der Waals surface area contributed by atoms with Gasteiger partial charge < -0.3 is 14.3 Å². The van der Waals surface area contributed by atoms with Gasteiger partial charge in [0.05, 0.1) is 14.2 Å². The second kappa shape index (κ2) is 5.62. The molecule has 4 heteroatoms. The lowest BCUT2D eigenvalue weighted by Gasteiger charge is -2.10. The summed E-state index contributed by atoms with van der Waals surface area (Å²) in [5.74, 6) is 1.50. The van der Waals surface area contributed by atoms with E-state index in [1.54, 1.807) is 14.2 Å². The SMILES string of the molecule is [C-]#[N+]CCc1c(Br)cc(OC)cc1OC. The van der Waals surface area contributed by atoms with Crippen molar-refractivity contribution in [1.82, 2.24) is 0 Å². The molecule has 15 heavy (non-hydrogen) atoms. The quantitative estimate of drug-likeness (QED) is 0.785. The van der Waals surface area contributed by atoms with Gasteiger partial charge in [0.15, 0.2) is 0 Å². The minimum Gasteiger partial charge on any atom is -0.497 e. The summed E-state index contributed by atoms with van der Waals surface area (Å²) in [4.78, 5) is 3.33. The summed E-state index contributed by atoms with van der Waals surface area (Å²) in [5.41, 5.74) is 1.01. The Morgan fingerprint density at radius 1 is 1.33 bits per heavy atom. The predicted octanol–water partition coefficient (Wildman–Crippen LogP) is 2.93. The Hall–Kier alpha value is -1.21. The van der Waals surface area contributed by atoms with Crippen molar-refractivity contribution in [3.63, 3.8) is 0 Å². The third-order valence-electron chi connectivity index (χ3n) is 2.06. The van der Waals surface area contributed by atoms with E-state index in [0.29, 0.717) is 13.0 Å². The summed E-state index contributed by atoms with van der Waals surface area (Å²) in [6.45, 7) is 7.23. The first-order chi connectivity index (χ1) is 7.22. The molecule has 0 fully saturated rings. The minimum atomic E-state index is 0.460. The van der Waals surface area contributed by atoms with Gasteiger partial charge in [-0.1, -0.05) is 15.9 Å². The van der Waals surface area contributed by atoms with Gasteiger partial charge in [0.1, 0.15) is 11.5 Å². The van der Waals surface area contributed by atoms with Crippen molar-refractivity contribution in [3.8, 4) is 11.5 Å². The maximum atomic E-state index is 6.77. The van der Waals surface area contributed by atoms with E-state index in [-0.39, 0.29) is 0 Å². The fraction of sp³-hybridized carbons (Fsp3) is 0.364. The van der Waals surface area contributed by atoms with E-state index in [9.17, 15) is 0 Å². The fourth-order valence-corrected chi connectivity index (χ4v) is 1.92. The van der Waals surface area contributed by atoms with Crippen LogP contribution < -0.4 is 9.47 Å². The van der Waals surface area contributed by atoms with Crippen LogP contribution >= 0.6 is 15.9 Å². The van der Waals surface area contributed by atoms with Gasteiger partial charge in [-0.2, -0.15) is 0 Å². The molecule has 0 spiro atoms. The Labute approximate surface area is 98.0 Å². The number of rotatable bonds is 4. The molecule has 0 radical (unpaired) electrons. The van der Waals surface area contributed by atoms with Gasteiger partial charge in [-0.3, -0.25) is 0 Å². The van der Waals surface area contributed by atoms with Crippen LogP contribution in [0.25, 0.3) is 4.85 Å². The summed E-state index contributed by atoms with van der Waals surface area (Å²) in [6.07, 6.45) is 0.678. The molecule has 1 aromatic carbocycles. The number of ether oxygens (including phenoxy) is 2. The molecule has 80 valence electrons. The number of benzene rings is 1. The highest BCUT2D eigenvalue weighted by Gasteiger charge is 2.11. The normalized spacial score (nSPS) is 9.47. The van der Waals surface area contributed by atoms with Crippen molar-refractivity contribution >= 4 is 15.9 Å². The first kappa shape index (κ1) is 11.9. The highest BCUT2D eigenvalue weighted by molar-refractivity contribution is 9.10. The molecule has 0 aromatic heterocycles. The van der Waals surface area contributed by atoms with Crippen molar-refractivity contribution in [1.29, 1.82) is 0 Å². The van der Waals surface area contributed by atoms with Gasteiger partial charge in [-0.25, -0.2) is 6.57 Å². The first-order valence-corrected chi connectivity index (χ1v) is 5.25. The maximum absolute atomic E-state index is 6.77. The van der Waals surface area contributed by atoms with E-state index in [2.05, 4.69) is 20.8 Å². The van der Waals surface area contributed by atoms with Crippen LogP contribution in [0.4, 0.5) is 0 Å². The lowest BCUT2D eigenvalue weighted by atomic mass is 10.1. The summed E-state index contributed by atoms with van der Waals surface area (Å²) in [5, 5.41) is 0. The summed E-state index contributed by atoms with van der Waals surface area (Å²) in [7, 11) is 3.22. The molecule has 3 nitrogen and oxygen atoms in total. The molecule has 0 saturated heterocycles. The minimum absolute atomic E-state index is 0.460. The van der Waals surface area contributed by atoms with E-state index in [0.717, 1.165) is 21.5 Å². The third kappa shape index (κ3) is 2.87. The Kier molecular flexibility index (Phi) is 4.44. The van der Waals surface area contributed by atoms with Crippen LogP contribution in [-0.2, 0) is 6.42 Å². The first-order valence-electron chi connectivity index (χ1n) is 4.46. The van der Waals surface area contributed by atoms with E-state index < -0.39 is 0 Å². The van der Waals surface area contributed by atoms with Crippen LogP contribution in [0, 0.1) is 6.57 Å². The average molecular weight is 270 g/mol. The third-order valence-corrected chi connectivity index (χ3v) is 2.76. The Balaban J connectivity index is 3.08.